The molecule has 2 N–H and O–H groups in total. The fourth-order valence-corrected chi connectivity index (χ4v) is 4.93. The first-order valence-electron chi connectivity index (χ1n) is 7.76. The Morgan fingerprint density at radius 2 is 2.35 bits per heavy atom. The number of aromatic nitrogens is 1. The fraction of sp³-hybridized carbons (Fsp3) is 0.500. The molecule has 1 fully saturated rings. The molecule has 0 saturated carbocycles. The molecule has 4 nitrogen and oxygen atoms in total. The Morgan fingerprint density at radius 1 is 1.52 bits per heavy atom. The van der Waals surface area contributed by atoms with Gasteiger partial charge in [-0.1, -0.05) is 18.5 Å². The van der Waals surface area contributed by atoms with Crippen LogP contribution in [0, 0.1) is 5.92 Å². The third-order valence-electron chi connectivity index (χ3n) is 4.24. The highest BCUT2D eigenvalue weighted by Gasteiger charge is 2.29. The van der Waals surface area contributed by atoms with Gasteiger partial charge in [0, 0.05) is 24.5 Å². The van der Waals surface area contributed by atoms with Crippen LogP contribution < -0.4 is 5.73 Å². The number of nitrogens with two attached hydrogens (primary N) is 1. The van der Waals surface area contributed by atoms with Gasteiger partial charge in [-0.15, -0.1) is 22.7 Å². The Morgan fingerprint density at radius 3 is 3.04 bits per heavy atom. The van der Waals surface area contributed by atoms with Crippen LogP contribution in [0.4, 0.5) is 0 Å². The lowest BCUT2D eigenvalue weighted by molar-refractivity contribution is -0.134. The van der Waals surface area contributed by atoms with Gasteiger partial charge in [0.1, 0.15) is 5.01 Å². The monoisotopic (exact) mass is 369 g/mol. The number of rotatable bonds is 4. The number of carbonyl (C=O) groups is 1. The van der Waals surface area contributed by atoms with E-state index in [0.717, 1.165) is 39.3 Å². The SMILES string of the molecule is CC1CCN(C(=O)Cc2csc(-c3ccc(Cl)s3)n2)C(CN)C1. The van der Waals surface area contributed by atoms with Crippen molar-refractivity contribution in [2.45, 2.75) is 32.2 Å². The van der Waals surface area contributed by atoms with Gasteiger partial charge in [0.25, 0.3) is 0 Å². The van der Waals surface area contributed by atoms with E-state index in [9.17, 15) is 4.79 Å². The molecule has 0 radical (unpaired) electrons. The Kier molecular flexibility index (Phi) is 5.36. The van der Waals surface area contributed by atoms with Gasteiger partial charge in [-0.25, -0.2) is 4.98 Å². The quantitative estimate of drug-likeness (QED) is 0.894. The summed E-state index contributed by atoms with van der Waals surface area (Å²) in [5, 5.41) is 2.89. The van der Waals surface area contributed by atoms with Crippen LogP contribution >= 0.6 is 34.3 Å². The van der Waals surface area contributed by atoms with Crippen LogP contribution in [0.3, 0.4) is 0 Å². The molecule has 3 heterocycles. The Hall–Kier alpha value is -0.950. The third kappa shape index (κ3) is 3.94. The molecule has 0 bridgehead atoms. The van der Waals surface area contributed by atoms with Crippen molar-refractivity contribution < 1.29 is 4.79 Å². The van der Waals surface area contributed by atoms with E-state index in [2.05, 4.69) is 11.9 Å². The maximum Gasteiger partial charge on any atom is 0.228 e. The predicted molar refractivity (Wildman–Crippen MR) is 97.1 cm³/mol. The highest BCUT2D eigenvalue weighted by atomic mass is 35.5. The zero-order valence-electron chi connectivity index (χ0n) is 13.0. The smallest absolute Gasteiger partial charge is 0.228 e. The topological polar surface area (TPSA) is 59.2 Å². The number of carbonyl (C=O) groups excluding carboxylic acids is 1. The summed E-state index contributed by atoms with van der Waals surface area (Å²) in [6.07, 6.45) is 2.40. The third-order valence-corrected chi connectivity index (χ3v) is 6.53. The predicted octanol–water partition coefficient (Wildman–Crippen LogP) is 3.65. The Labute approximate surface area is 149 Å². The normalized spacial score (nSPS) is 21.6. The van der Waals surface area contributed by atoms with Crippen molar-refractivity contribution in [1.82, 2.24) is 9.88 Å². The first-order chi connectivity index (χ1) is 11.1. The van der Waals surface area contributed by atoms with Crippen molar-refractivity contribution in [3.8, 4) is 9.88 Å². The van der Waals surface area contributed by atoms with Gasteiger partial charge in [0.2, 0.25) is 5.91 Å². The van der Waals surface area contributed by atoms with Crippen LogP contribution in [-0.4, -0.2) is 34.9 Å². The molecule has 0 aliphatic carbocycles. The van der Waals surface area contributed by atoms with E-state index in [1.807, 2.05) is 22.4 Å². The molecule has 23 heavy (non-hydrogen) atoms. The van der Waals surface area contributed by atoms with E-state index in [4.69, 9.17) is 17.3 Å². The van der Waals surface area contributed by atoms with E-state index in [1.54, 1.807) is 11.3 Å². The number of thiazole rings is 1. The molecular weight excluding hydrogens is 350 g/mol. The van der Waals surface area contributed by atoms with Gasteiger partial charge in [0.15, 0.2) is 0 Å². The second-order valence-electron chi connectivity index (χ2n) is 6.03. The van der Waals surface area contributed by atoms with Gasteiger partial charge in [-0.05, 0) is 30.9 Å². The molecule has 1 amide bonds. The van der Waals surface area contributed by atoms with Gasteiger partial charge in [0.05, 0.1) is 21.3 Å². The number of piperidine rings is 1. The molecule has 0 spiro atoms. The number of halogens is 1. The van der Waals surface area contributed by atoms with Crippen molar-refractivity contribution in [1.29, 1.82) is 0 Å². The first kappa shape index (κ1) is 16.9. The molecule has 2 aromatic heterocycles. The van der Waals surface area contributed by atoms with Gasteiger partial charge >= 0.3 is 0 Å². The van der Waals surface area contributed by atoms with Gasteiger partial charge in [-0.2, -0.15) is 0 Å². The number of hydrogen-bond donors (Lipinski definition) is 1. The molecule has 0 aromatic carbocycles. The average Bonchev–Trinajstić information content (AvgIpc) is 3.15. The molecular formula is C16H20ClN3OS2. The van der Waals surface area contributed by atoms with E-state index in [-0.39, 0.29) is 11.9 Å². The van der Waals surface area contributed by atoms with E-state index < -0.39 is 0 Å². The Balaban J connectivity index is 1.67. The average molecular weight is 370 g/mol. The van der Waals surface area contributed by atoms with E-state index in [1.165, 1.54) is 11.3 Å². The number of nitrogens with zero attached hydrogens (tertiary/aromatic N) is 2. The molecule has 1 aliphatic heterocycles. The largest absolute Gasteiger partial charge is 0.338 e. The van der Waals surface area contributed by atoms with Crippen LogP contribution in [0.1, 0.15) is 25.5 Å². The number of amides is 1. The molecule has 2 atom stereocenters. The maximum atomic E-state index is 12.6. The minimum absolute atomic E-state index is 0.133. The number of likely N-dealkylation sites (tertiary alicyclic amines) is 1. The van der Waals surface area contributed by atoms with Crippen molar-refractivity contribution >= 4 is 40.2 Å². The molecule has 1 aliphatic rings. The summed E-state index contributed by atoms with van der Waals surface area (Å²) in [6.45, 7) is 3.56. The summed E-state index contributed by atoms with van der Waals surface area (Å²) >= 11 is 9.03. The van der Waals surface area contributed by atoms with Crippen LogP contribution in [0.2, 0.25) is 4.34 Å². The van der Waals surface area contributed by atoms with E-state index >= 15 is 0 Å². The summed E-state index contributed by atoms with van der Waals surface area (Å²) in [7, 11) is 0. The lowest BCUT2D eigenvalue weighted by Crippen LogP contribution is -2.49. The minimum Gasteiger partial charge on any atom is -0.338 e. The summed E-state index contributed by atoms with van der Waals surface area (Å²) in [5.41, 5.74) is 6.68. The Bertz CT molecular complexity index is 684. The number of thiophene rings is 1. The summed E-state index contributed by atoms with van der Waals surface area (Å²) in [6, 6.07) is 4.00. The van der Waals surface area contributed by atoms with Crippen molar-refractivity contribution in [3.05, 3.63) is 27.5 Å². The van der Waals surface area contributed by atoms with E-state index in [0.29, 0.717) is 18.9 Å². The highest BCUT2D eigenvalue weighted by molar-refractivity contribution is 7.23. The number of hydrogen-bond acceptors (Lipinski definition) is 5. The molecule has 124 valence electrons. The zero-order valence-corrected chi connectivity index (χ0v) is 15.4. The maximum absolute atomic E-state index is 12.6. The summed E-state index contributed by atoms with van der Waals surface area (Å²) in [5.74, 6) is 0.774. The molecule has 1 saturated heterocycles. The summed E-state index contributed by atoms with van der Waals surface area (Å²) < 4.78 is 0.751. The molecule has 7 heteroatoms. The highest BCUT2D eigenvalue weighted by Crippen LogP contribution is 2.33. The standard InChI is InChI=1S/C16H20ClN3OS2/c1-10-4-5-20(12(6-10)8-18)15(21)7-11-9-22-16(19-11)13-2-3-14(17)23-13/h2-3,9-10,12H,4-8,18H2,1H3. The van der Waals surface area contributed by atoms with Crippen LogP contribution in [0.15, 0.2) is 17.5 Å². The lowest BCUT2D eigenvalue weighted by atomic mass is 9.92. The van der Waals surface area contributed by atoms with Crippen molar-refractivity contribution in [3.63, 3.8) is 0 Å². The van der Waals surface area contributed by atoms with Crippen molar-refractivity contribution in [2.75, 3.05) is 13.1 Å². The second-order valence-corrected chi connectivity index (χ2v) is 8.60. The van der Waals surface area contributed by atoms with Crippen LogP contribution in [-0.2, 0) is 11.2 Å². The van der Waals surface area contributed by atoms with Crippen molar-refractivity contribution in [2.24, 2.45) is 11.7 Å². The lowest BCUT2D eigenvalue weighted by Gasteiger charge is -2.38. The van der Waals surface area contributed by atoms with Gasteiger partial charge in [-0.3, -0.25) is 4.79 Å². The minimum atomic E-state index is 0.133. The second kappa shape index (κ2) is 7.30. The fourth-order valence-electron chi connectivity index (χ4n) is 2.99. The van der Waals surface area contributed by atoms with Crippen LogP contribution in [0.25, 0.3) is 9.88 Å². The summed E-state index contributed by atoms with van der Waals surface area (Å²) in [4.78, 5) is 20.2. The molecule has 2 aromatic rings. The van der Waals surface area contributed by atoms with Gasteiger partial charge < -0.3 is 10.6 Å². The molecule has 2 unspecified atom stereocenters. The zero-order chi connectivity index (χ0) is 16.4. The molecule has 3 rings (SSSR count). The van der Waals surface area contributed by atoms with Crippen LogP contribution in [0.5, 0.6) is 0 Å². The first-order valence-corrected chi connectivity index (χ1v) is 9.84.